The monoisotopic (exact) mass is 481 g/mol. The van der Waals surface area contributed by atoms with Gasteiger partial charge in [-0.2, -0.15) is 0 Å². The summed E-state index contributed by atoms with van der Waals surface area (Å²) < 4.78 is 3.82. The summed E-state index contributed by atoms with van der Waals surface area (Å²) in [5.41, 5.74) is 4.80. The van der Waals surface area contributed by atoms with Crippen LogP contribution in [0.15, 0.2) is 47.5 Å². The molecule has 8 nitrogen and oxygen atoms in total. The highest BCUT2D eigenvalue weighted by atomic mass is 16.1. The molecule has 36 heavy (non-hydrogen) atoms. The summed E-state index contributed by atoms with van der Waals surface area (Å²) in [6.07, 6.45) is 8.01. The number of hydrogen-bond acceptors (Lipinski definition) is 6. The van der Waals surface area contributed by atoms with Gasteiger partial charge in [0.2, 0.25) is 0 Å². The second-order valence-electron chi connectivity index (χ2n) is 11.6. The van der Waals surface area contributed by atoms with E-state index in [1.54, 1.807) is 12.4 Å². The van der Waals surface area contributed by atoms with Crippen LogP contribution >= 0.6 is 0 Å². The van der Waals surface area contributed by atoms with Gasteiger partial charge >= 0.3 is 0 Å². The van der Waals surface area contributed by atoms with Crippen LogP contribution in [0.1, 0.15) is 69.4 Å². The number of aromatic nitrogens is 5. The first kappa shape index (κ1) is 21.7. The quantitative estimate of drug-likeness (QED) is 0.447. The highest BCUT2D eigenvalue weighted by molar-refractivity contribution is 5.82. The lowest BCUT2D eigenvalue weighted by Crippen LogP contribution is -2.33. The van der Waals surface area contributed by atoms with Gasteiger partial charge in [-0.05, 0) is 48.9 Å². The third kappa shape index (κ3) is 3.46. The lowest BCUT2D eigenvalue weighted by molar-refractivity contribution is 0.525. The highest BCUT2D eigenvalue weighted by Crippen LogP contribution is 2.50. The molecule has 184 valence electrons. The van der Waals surface area contributed by atoms with Crippen molar-refractivity contribution in [1.82, 2.24) is 29.6 Å². The zero-order valence-electron chi connectivity index (χ0n) is 21.0. The van der Waals surface area contributed by atoms with E-state index in [2.05, 4.69) is 59.6 Å². The second kappa shape index (κ2) is 7.49. The predicted molar refractivity (Wildman–Crippen MR) is 140 cm³/mol. The van der Waals surface area contributed by atoms with Crippen molar-refractivity contribution in [3.05, 3.63) is 70.0 Å². The van der Waals surface area contributed by atoms with Gasteiger partial charge in [0.25, 0.3) is 5.56 Å². The molecule has 2 aliphatic carbocycles. The Kier molecular flexibility index (Phi) is 4.52. The summed E-state index contributed by atoms with van der Waals surface area (Å²) in [6.45, 7) is 8.27. The molecule has 2 N–H and O–H groups in total. The Balaban J connectivity index is 1.32. The van der Waals surface area contributed by atoms with Crippen LogP contribution in [0.4, 0.5) is 11.5 Å². The molecular weight excluding hydrogens is 450 g/mol. The van der Waals surface area contributed by atoms with Crippen LogP contribution in [0.25, 0.3) is 16.7 Å². The van der Waals surface area contributed by atoms with E-state index in [1.165, 1.54) is 24.0 Å². The van der Waals surface area contributed by atoms with Crippen LogP contribution < -0.4 is 16.2 Å². The SMILES string of the molecule is CC(C)(C)c1nccc(-n2c3cc(Nc4ccc5c(c4)CNCC54CC4)ncc3c(=O)n2C2CC2)n1. The van der Waals surface area contributed by atoms with E-state index in [0.29, 0.717) is 22.4 Å². The predicted octanol–water partition coefficient (Wildman–Crippen LogP) is 4.49. The molecule has 0 saturated heterocycles. The molecule has 0 unspecified atom stereocenters. The molecule has 3 aromatic heterocycles. The minimum Gasteiger partial charge on any atom is -0.340 e. The molecule has 7 rings (SSSR count). The molecule has 1 spiro atoms. The summed E-state index contributed by atoms with van der Waals surface area (Å²) >= 11 is 0. The van der Waals surface area contributed by atoms with Gasteiger partial charge in [-0.25, -0.2) is 24.3 Å². The van der Waals surface area contributed by atoms with Gasteiger partial charge in [0.15, 0.2) is 5.82 Å². The van der Waals surface area contributed by atoms with Gasteiger partial charge < -0.3 is 10.6 Å². The summed E-state index contributed by atoms with van der Waals surface area (Å²) in [7, 11) is 0. The van der Waals surface area contributed by atoms with Crippen LogP contribution in [-0.4, -0.2) is 30.9 Å². The molecule has 0 atom stereocenters. The van der Waals surface area contributed by atoms with E-state index in [0.717, 1.165) is 43.0 Å². The van der Waals surface area contributed by atoms with Crippen LogP contribution in [-0.2, 0) is 17.4 Å². The van der Waals surface area contributed by atoms with Crippen molar-refractivity contribution < 1.29 is 0 Å². The molecule has 3 aliphatic rings. The van der Waals surface area contributed by atoms with E-state index in [4.69, 9.17) is 4.98 Å². The zero-order chi connectivity index (χ0) is 24.7. The molecule has 1 aromatic carbocycles. The summed E-state index contributed by atoms with van der Waals surface area (Å²) in [5, 5.41) is 7.67. The lowest BCUT2D eigenvalue weighted by atomic mass is 9.88. The Bertz CT molecular complexity index is 1570. The maximum atomic E-state index is 13.4. The molecule has 4 aromatic rings. The first-order chi connectivity index (χ1) is 17.3. The molecule has 0 amide bonds. The molecule has 2 fully saturated rings. The molecule has 0 bridgehead atoms. The van der Waals surface area contributed by atoms with Gasteiger partial charge in [-0.1, -0.05) is 26.8 Å². The minimum absolute atomic E-state index is 0.0166. The van der Waals surface area contributed by atoms with E-state index in [-0.39, 0.29) is 17.0 Å². The Labute approximate surface area is 209 Å². The number of pyridine rings is 1. The number of hydrogen-bond donors (Lipinski definition) is 2. The van der Waals surface area contributed by atoms with Gasteiger partial charge in [-0.3, -0.25) is 4.79 Å². The molecular formula is C28H31N7O. The molecule has 2 saturated carbocycles. The highest BCUT2D eigenvalue weighted by Gasteiger charge is 2.46. The largest absolute Gasteiger partial charge is 0.340 e. The average molecular weight is 482 g/mol. The fraction of sp³-hybridized carbons (Fsp3) is 0.429. The zero-order valence-corrected chi connectivity index (χ0v) is 21.0. The van der Waals surface area contributed by atoms with Gasteiger partial charge in [-0.15, -0.1) is 0 Å². The van der Waals surface area contributed by atoms with Crippen LogP contribution in [0.3, 0.4) is 0 Å². The van der Waals surface area contributed by atoms with Crippen molar-refractivity contribution in [3.63, 3.8) is 0 Å². The number of anilines is 2. The summed E-state index contributed by atoms with van der Waals surface area (Å²) in [4.78, 5) is 27.4. The number of nitrogens with one attached hydrogen (secondary N) is 2. The number of benzene rings is 1. The van der Waals surface area contributed by atoms with Crippen molar-refractivity contribution in [2.24, 2.45) is 0 Å². The molecule has 4 heterocycles. The topological polar surface area (TPSA) is 89.7 Å². The van der Waals surface area contributed by atoms with Crippen LogP contribution in [0.5, 0.6) is 0 Å². The second-order valence-corrected chi connectivity index (χ2v) is 11.6. The fourth-order valence-corrected chi connectivity index (χ4v) is 5.51. The summed E-state index contributed by atoms with van der Waals surface area (Å²) in [5.74, 6) is 2.17. The Morgan fingerprint density at radius 3 is 2.69 bits per heavy atom. The smallest absolute Gasteiger partial charge is 0.276 e. The minimum atomic E-state index is -0.196. The van der Waals surface area contributed by atoms with Crippen molar-refractivity contribution in [1.29, 1.82) is 0 Å². The Morgan fingerprint density at radius 2 is 1.94 bits per heavy atom. The third-order valence-corrected chi connectivity index (χ3v) is 7.77. The lowest BCUT2D eigenvalue weighted by Gasteiger charge is -2.26. The van der Waals surface area contributed by atoms with Gasteiger partial charge in [0.1, 0.15) is 11.6 Å². The van der Waals surface area contributed by atoms with Gasteiger partial charge in [0, 0.05) is 54.1 Å². The summed E-state index contributed by atoms with van der Waals surface area (Å²) in [6, 6.07) is 10.7. The number of fused-ring (bicyclic) bond motifs is 3. The number of rotatable bonds is 4. The molecule has 8 heteroatoms. The first-order valence-corrected chi connectivity index (χ1v) is 12.9. The van der Waals surface area contributed by atoms with E-state index < -0.39 is 0 Å². The maximum absolute atomic E-state index is 13.4. The Morgan fingerprint density at radius 1 is 1.11 bits per heavy atom. The van der Waals surface area contributed by atoms with E-state index >= 15 is 0 Å². The van der Waals surface area contributed by atoms with Crippen molar-refractivity contribution in [2.45, 2.75) is 69.9 Å². The first-order valence-electron chi connectivity index (χ1n) is 12.9. The third-order valence-electron chi connectivity index (χ3n) is 7.77. The van der Waals surface area contributed by atoms with Crippen molar-refractivity contribution in [2.75, 3.05) is 11.9 Å². The van der Waals surface area contributed by atoms with Crippen molar-refractivity contribution in [3.8, 4) is 5.82 Å². The average Bonchev–Trinajstić information content (AvgIpc) is 3.79. The van der Waals surface area contributed by atoms with Gasteiger partial charge in [0.05, 0.1) is 16.9 Å². The molecule has 1 aliphatic heterocycles. The Hall–Kier alpha value is -3.52. The fourth-order valence-electron chi connectivity index (χ4n) is 5.51. The van der Waals surface area contributed by atoms with Crippen LogP contribution in [0.2, 0.25) is 0 Å². The van der Waals surface area contributed by atoms with Crippen molar-refractivity contribution >= 4 is 22.4 Å². The van der Waals surface area contributed by atoms with Crippen LogP contribution in [0, 0.1) is 0 Å². The maximum Gasteiger partial charge on any atom is 0.276 e. The standard InChI is InChI=1S/C28H31N7O/c1-27(2,3)26-30-11-8-24(33-26)35-22-13-23(31-15-20(22)25(36)34(35)19-5-6-19)32-18-4-7-21-17(12-18)14-29-16-28(21)9-10-28/h4,7-8,11-13,15,19,29H,5-6,9-10,14,16H2,1-3H3,(H,31,32). The molecule has 0 radical (unpaired) electrons. The number of nitrogens with zero attached hydrogens (tertiary/aromatic N) is 5. The van der Waals surface area contributed by atoms with E-state index in [9.17, 15) is 4.79 Å². The normalized spacial score (nSPS) is 18.4. The van der Waals surface area contributed by atoms with E-state index in [1.807, 2.05) is 21.5 Å².